The summed E-state index contributed by atoms with van der Waals surface area (Å²) in [5, 5.41) is 2.01. The molecule has 0 saturated heterocycles. The monoisotopic (exact) mass is 298 g/mol. The molecule has 3 aliphatic carbocycles. The van der Waals surface area contributed by atoms with Gasteiger partial charge < -0.3 is 0 Å². The molecule has 0 aliphatic heterocycles. The van der Waals surface area contributed by atoms with E-state index in [9.17, 15) is 0 Å². The Morgan fingerprint density at radius 1 is 0.526 bits per heavy atom. The lowest BCUT2D eigenvalue weighted by Crippen LogP contribution is -2.30. The van der Waals surface area contributed by atoms with Crippen molar-refractivity contribution in [1.29, 1.82) is 0 Å². The summed E-state index contributed by atoms with van der Waals surface area (Å²) in [6, 6.07) is 0. The van der Waals surface area contributed by atoms with Gasteiger partial charge in [-0.25, -0.2) is 0 Å². The van der Waals surface area contributed by atoms with Gasteiger partial charge >= 0.3 is 0 Å². The van der Waals surface area contributed by atoms with E-state index in [2.05, 4.69) is 23.5 Å². The minimum atomic E-state index is 0.634. The average molecular weight is 299 g/mol. The predicted octanol–water partition coefficient (Wildman–Crippen LogP) is 6.39. The van der Waals surface area contributed by atoms with E-state index in [0.717, 1.165) is 10.5 Å². The van der Waals surface area contributed by atoms with Crippen molar-refractivity contribution in [2.75, 3.05) is 0 Å². The summed E-state index contributed by atoms with van der Waals surface area (Å²) in [7, 11) is 0. The minimum Gasteiger partial charge on any atom is -0.141 e. The lowest BCUT2D eigenvalue weighted by molar-refractivity contribution is 0.476. The standard InChI is InChI=1S/C17H30S2/c1-3-9-15(10-4-1)18-17(13-7-2-8-14-17)19-16-11-5-6-12-16/h15-16H,1-14H2. The first-order chi connectivity index (χ1) is 9.36. The molecule has 0 aromatic rings. The second-order valence-corrected chi connectivity index (χ2v) is 10.5. The molecule has 0 amide bonds. The normalized spacial score (nSPS) is 29.7. The highest BCUT2D eigenvalue weighted by atomic mass is 32.2. The van der Waals surface area contributed by atoms with Crippen LogP contribution in [-0.4, -0.2) is 14.6 Å². The molecule has 0 radical (unpaired) electrons. The Morgan fingerprint density at radius 2 is 0.947 bits per heavy atom. The molecule has 3 fully saturated rings. The van der Waals surface area contributed by atoms with E-state index >= 15 is 0 Å². The van der Waals surface area contributed by atoms with Gasteiger partial charge in [0.15, 0.2) is 0 Å². The van der Waals surface area contributed by atoms with Crippen LogP contribution >= 0.6 is 23.5 Å². The summed E-state index contributed by atoms with van der Waals surface area (Å²) >= 11 is 4.87. The molecule has 3 aliphatic rings. The summed E-state index contributed by atoms with van der Waals surface area (Å²) < 4.78 is 0.634. The van der Waals surface area contributed by atoms with Gasteiger partial charge in [0.25, 0.3) is 0 Å². The fourth-order valence-electron chi connectivity index (χ4n) is 4.15. The zero-order valence-electron chi connectivity index (χ0n) is 12.4. The molecule has 0 unspecified atom stereocenters. The van der Waals surface area contributed by atoms with Crippen molar-refractivity contribution in [3.8, 4) is 0 Å². The molecule has 0 spiro atoms. The maximum Gasteiger partial charge on any atom is 0.0616 e. The van der Waals surface area contributed by atoms with E-state index in [4.69, 9.17) is 0 Å². The quantitative estimate of drug-likeness (QED) is 0.552. The molecular formula is C17H30S2. The van der Waals surface area contributed by atoms with E-state index in [1.165, 1.54) is 89.9 Å². The van der Waals surface area contributed by atoms with Crippen LogP contribution in [-0.2, 0) is 0 Å². The Bertz CT molecular complexity index is 258. The van der Waals surface area contributed by atoms with Crippen LogP contribution in [0.4, 0.5) is 0 Å². The molecule has 0 bridgehead atoms. The van der Waals surface area contributed by atoms with Gasteiger partial charge in [0.2, 0.25) is 0 Å². The van der Waals surface area contributed by atoms with Crippen molar-refractivity contribution < 1.29 is 0 Å². The molecule has 0 aromatic carbocycles. The summed E-state index contributed by atoms with van der Waals surface area (Å²) in [6.07, 6.45) is 21.1. The topological polar surface area (TPSA) is 0 Å². The second-order valence-electron chi connectivity index (χ2n) is 6.87. The Labute approximate surface area is 128 Å². The number of hydrogen-bond acceptors (Lipinski definition) is 2. The van der Waals surface area contributed by atoms with Crippen molar-refractivity contribution in [3.05, 3.63) is 0 Å². The van der Waals surface area contributed by atoms with Crippen LogP contribution in [0.15, 0.2) is 0 Å². The molecule has 2 heteroatoms. The van der Waals surface area contributed by atoms with Crippen molar-refractivity contribution >= 4 is 23.5 Å². The van der Waals surface area contributed by atoms with Gasteiger partial charge in [-0.3, -0.25) is 0 Å². The van der Waals surface area contributed by atoms with Crippen LogP contribution in [0.2, 0.25) is 0 Å². The first-order valence-corrected chi connectivity index (χ1v) is 10.5. The highest BCUT2D eigenvalue weighted by Crippen LogP contribution is 2.55. The van der Waals surface area contributed by atoms with Crippen LogP contribution < -0.4 is 0 Å². The highest BCUT2D eigenvalue weighted by Gasteiger charge is 2.38. The van der Waals surface area contributed by atoms with Crippen molar-refractivity contribution in [1.82, 2.24) is 0 Å². The van der Waals surface area contributed by atoms with E-state index < -0.39 is 0 Å². The number of rotatable bonds is 4. The molecule has 0 aromatic heterocycles. The minimum absolute atomic E-state index is 0.634. The molecule has 110 valence electrons. The molecule has 0 heterocycles. The lowest BCUT2D eigenvalue weighted by Gasteiger charge is -2.41. The van der Waals surface area contributed by atoms with E-state index in [0.29, 0.717) is 4.08 Å². The van der Waals surface area contributed by atoms with Crippen LogP contribution in [0.25, 0.3) is 0 Å². The lowest BCUT2D eigenvalue weighted by atomic mass is 9.99. The van der Waals surface area contributed by atoms with E-state index in [1.807, 2.05) is 0 Å². The van der Waals surface area contributed by atoms with Crippen LogP contribution in [0.5, 0.6) is 0 Å². The largest absolute Gasteiger partial charge is 0.141 e. The van der Waals surface area contributed by atoms with Gasteiger partial charge in [-0.05, 0) is 38.5 Å². The zero-order chi connectivity index (χ0) is 13.0. The van der Waals surface area contributed by atoms with Crippen molar-refractivity contribution in [2.24, 2.45) is 0 Å². The number of hydrogen-bond donors (Lipinski definition) is 0. The van der Waals surface area contributed by atoms with Crippen LogP contribution in [0.1, 0.15) is 89.9 Å². The SMILES string of the molecule is C1CCC(SC2(SC3CCCC3)CCCCC2)CC1. The average Bonchev–Trinajstić information content (AvgIpc) is 2.93. The fourth-order valence-corrected chi connectivity index (χ4v) is 8.59. The first kappa shape index (κ1) is 14.6. The van der Waals surface area contributed by atoms with Crippen molar-refractivity contribution in [3.63, 3.8) is 0 Å². The van der Waals surface area contributed by atoms with Crippen molar-refractivity contribution in [2.45, 2.75) is 104 Å². The smallest absolute Gasteiger partial charge is 0.0616 e. The second kappa shape index (κ2) is 7.11. The first-order valence-electron chi connectivity index (χ1n) is 8.72. The molecule has 3 saturated carbocycles. The maximum atomic E-state index is 2.44. The van der Waals surface area contributed by atoms with Gasteiger partial charge in [-0.1, -0.05) is 51.4 Å². The molecule has 19 heavy (non-hydrogen) atoms. The van der Waals surface area contributed by atoms with Gasteiger partial charge in [-0.15, -0.1) is 23.5 Å². The fraction of sp³-hybridized carbons (Fsp3) is 1.00. The molecule has 3 rings (SSSR count). The number of thioether (sulfide) groups is 2. The Morgan fingerprint density at radius 3 is 1.47 bits per heavy atom. The summed E-state index contributed by atoms with van der Waals surface area (Å²) in [5.41, 5.74) is 0. The molecular weight excluding hydrogens is 268 g/mol. The van der Waals surface area contributed by atoms with E-state index in [-0.39, 0.29) is 0 Å². The molecule has 0 nitrogen and oxygen atoms in total. The highest BCUT2D eigenvalue weighted by molar-refractivity contribution is 8.18. The van der Waals surface area contributed by atoms with Gasteiger partial charge in [-0.2, -0.15) is 0 Å². The third kappa shape index (κ3) is 4.09. The predicted molar refractivity (Wildman–Crippen MR) is 90.1 cm³/mol. The van der Waals surface area contributed by atoms with Gasteiger partial charge in [0.05, 0.1) is 4.08 Å². The van der Waals surface area contributed by atoms with Gasteiger partial charge in [0, 0.05) is 10.5 Å². The van der Waals surface area contributed by atoms with Crippen LogP contribution in [0, 0.1) is 0 Å². The summed E-state index contributed by atoms with van der Waals surface area (Å²) in [6.45, 7) is 0. The third-order valence-electron chi connectivity index (χ3n) is 5.23. The van der Waals surface area contributed by atoms with E-state index in [1.54, 1.807) is 0 Å². The molecule has 0 N–H and O–H groups in total. The third-order valence-corrected chi connectivity index (χ3v) is 9.10. The Balaban J connectivity index is 1.60. The van der Waals surface area contributed by atoms with Crippen LogP contribution in [0.3, 0.4) is 0 Å². The summed E-state index contributed by atoms with van der Waals surface area (Å²) in [5.74, 6) is 0. The Kier molecular flexibility index (Phi) is 5.48. The Hall–Kier alpha value is 0.700. The molecule has 0 atom stereocenters. The maximum absolute atomic E-state index is 2.44. The van der Waals surface area contributed by atoms with Gasteiger partial charge in [0.1, 0.15) is 0 Å². The zero-order valence-corrected chi connectivity index (χ0v) is 14.0. The summed E-state index contributed by atoms with van der Waals surface area (Å²) in [4.78, 5) is 0.